The molecule has 0 bridgehead atoms. The maximum Gasteiger partial charge on any atom is 0.261 e. The van der Waals surface area contributed by atoms with E-state index in [-0.39, 0.29) is 11.9 Å². The fourth-order valence-corrected chi connectivity index (χ4v) is 4.21. The minimum absolute atomic E-state index is 0.0574. The van der Waals surface area contributed by atoms with Crippen LogP contribution in [0.5, 0.6) is 0 Å². The number of thiophene rings is 1. The van der Waals surface area contributed by atoms with Crippen molar-refractivity contribution >= 4 is 39.1 Å². The summed E-state index contributed by atoms with van der Waals surface area (Å²) in [7, 11) is 0. The van der Waals surface area contributed by atoms with E-state index in [1.54, 1.807) is 0 Å². The molecule has 2 heterocycles. The van der Waals surface area contributed by atoms with Gasteiger partial charge in [-0.05, 0) is 49.9 Å². The molecule has 1 aromatic carbocycles. The molecular formula is C18H19ClN4OS. The van der Waals surface area contributed by atoms with E-state index >= 15 is 0 Å². The van der Waals surface area contributed by atoms with E-state index in [1.165, 1.54) is 24.2 Å². The third-order valence-electron chi connectivity index (χ3n) is 4.55. The van der Waals surface area contributed by atoms with Crippen LogP contribution in [-0.4, -0.2) is 28.3 Å². The van der Waals surface area contributed by atoms with Gasteiger partial charge < -0.3 is 11.1 Å². The summed E-state index contributed by atoms with van der Waals surface area (Å²) in [4.78, 5) is 14.1. The first-order valence-electron chi connectivity index (χ1n) is 8.32. The number of hydrogen-bond acceptors (Lipinski definition) is 4. The van der Waals surface area contributed by atoms with E-state index in [4.69, 9.17) is 17.3 Å². The number of rotatable bonds is 5. The van der Waals surface area contributed by atoms with Crippen LogP contribution in [0.4, 0.5) is 0 Å². The lowest BCUT2D eigenvalue weighted by atomic mass is 10.2. The van der Waals surface area contributed by atoms with Crippen LogP contribution in [0, 0.1) is 12.8 Å². The predicted octanol–water partition coefficient (Wildman–Crippen LogP) is 3.52. The third-order valence-corrected chi connectivity index (χ3v) is 5.89. The number of fused-ring (bicyclic) bond motifs is 1. The van der Waals surface area contributed by atoms with Gasteiger partial charge >= 0.3 is 0 Å². The normalized spacial score (nSPS) is 15.5. The molecule has 4 rings (SSSR count). The largest absolute Gasteiger partial charge is 0.350 e. The third kappa shape index (κ3) is 3.29. The van der Waals surface area contributed by atoms with E-state index < -0.39 is 0 Å². The van der Waals surface area contributed by atoms with Crippen LogP contribution >= 0.6 is 22.9 Å². The molecule has 3 aromatic rings. The second-order valence-corrected chi connectivity index (χ2v) is 7.98. The van der Waals surface area contributed by atoms with Crippen molar-refractivity contribution in [1.82, 2.24) is 15.1 Å². The summed E-state index contributed by atoms with van der Waals surface area (Å²) in [5.41, 5.74) is 7.83. The molecular weight excluding hydrogens is 356 g/mol. The topological polar surface area (TPSA) is 72.9 Å². The van der Waals surface area contributed by atoms with Crippen molar-refractivity contribution in [2.45, 2.75) is 25.8 Å². The number of aromatic nitrogens is 2. The highest BCUT2D eigenvalue weighted by Crippen LogP contribution is 2.32. The highest BCUT2D eigenvalue weighted by atomic mass is 35.5. The smallest absolute Gasteiger partial charge is 0.261 e. The number of benzene rings is 1. The quantitative estimate of drug-likeness (QED) is 0.717. The lowest BCUT2D eigenvalue weighted by Gasteiger charge is -2.10. The van der Waals surface area contributed by atoms with Crippen molar-refractivity contribution in [3.63, 3.8) is 0 Å². The number of amides is 1. The van der Waals surface area contributed by atoms with Gasteiger partial charge in [0.05, 0.1) is 16.3 Å². The Hall–Kier alpha value is -1.89. The van der Waals surface area contributed by atoms with E-state index in [2.05, 4.69) is 10.4 Å². The van der Waals surface area contributed by atoms with Crippen molar-refractivity contribution in [3.05, 3.63) is 45.9 Å². The molecule has 5 nitrogen and oxygen atoms in total. The van der Waals surface area contributed by atoms with Crippen molar-refractivity contribution in [2.24, 2.45) is 11.7 Å². The molecule has 1 aliphatic carbocycles. The van der Waals surface area contributed by atoms with E-state index in [0.717, 1.165) is 21.6 Å². The lowest BCUT2D eigenvalue weighted by molar-refractivity contribution is 0.0954. The molecule has 0 spiro atoms. The zero-order valence-corrected chi connectivity index (χ0v) is 15.4. The molecule has 1 aliphatic rings. The Morgan fingerprint density at radius 1 is 1.48 bits per heavy atom. The average Bonchev–Trinajstić information content (AvgIpc) is 3.28. The van der Waals surface area contributed by atoms with Gasteiger partial charge in [0.2, 0.25) is 0 Å². The number of nitrogens with zero attached hydrogens (tertiary/aromatic N) is 2. The summed E-state index contributed by atoms with van der Waals surface area (Å²) >= 11 is 7.53. The van der Waals surface area contributed by atoms with Crippen LogP contribution in [0.1, 0.15) is 28.2 Å². The SMILES string of the molecule is Cc1nn(-c2cccc(Cl)c2)c2sc(C(=O)NCC(N)C3CC3)cc12. The highest BCUT2D eigenvalue weighted by molar-refractivity contribution is 7.20. The summed E-state index contributed by atoms with van der Waals surface area (Å²) in [6, 6.07) is 9.49. The summed E-state index contributed by atoms with van der Waals surface area (Å²) in [5.74, 6) is 0.496. The minimum Gasteiger partial charge on any atom is -0.350 e. The average molecular weight is 375 g/mol. The fraction of sp³-hybridized carbons (Fsp3) is 0.333. The molecule has 1 amide bonds. The van der Waals surface area contributed by atoms with Crippen molar-refractivity contribution in [2.75, 3.05) is 6.54 Å². The molecule has 0 saturated heterocycles. The molecule has 2 aromatic heterocycles. The number of carbonyl (C=O) groups excluding carboxylic acids is 1. The Morgan fingerprint density at radius 3 is 3.00 bits per heavy atom. The Balaban J connectivity index is 1.61. The number of carbonyl (C=O) groups is 1. The number of halogens is 1. The standard InChI is InChI=1S/C18H19ClN4OS/c1-10-14-8-16(17(24)21-9-15(20)11-5-6-11)25-18(14)23(22-10)13-4-2-3-12(19)7-13/h2-4,7-8,11,15H,5-6,9,20H2,1H3,(H,21,24). The first-order valence-corrected chi connectivity index (χ1v) is 9.51. The molecule has 3 N–H and O–H groups in total. The molecule has 1 fully saturated rings. The molecule has 0 radical (unpaired) electrons. The zero-order valence-electron chi connectivity index (χ0n) is 13.8. The predicted molar refractivity (Wildman–Crippen MR) is 102 cm³/mol. The van der Waals surface area contributed by atoms with Gasteiger partial charge in [0.1, 0.15) is 4.83 Å². The number of hydrogen-bond donors (Lipinski definition) is 2. The number of nitrogens with one attached hydrogen (secondary N) is 1. The van der Waals surface area contributed by atoms with Gasteiger partial charge in [-0.2, -0.15) is 5.10 Å². The highest BCUT2D eigenvalue weighted by Gasteiger charge is 2.28. The van der Waals surface area contributed by atoms with Gasteiger partial charge in [0.15, 0.2) is 0 Å². The first kappa shape index (κ1) is 16.6. The van der Waals surface area contributed by atoms with Crippen molar-refractivity contribution in [3.8, 4) is 5.69 Å². The zero-order chi connectivity index (χ0) is 17.6. The van der Waals surface area contributed by atoms with Gasteiger partial charge in [0.25, 0.3) is 5.91 Å². The summed E-state index contributed by atoms with van der Waals surface area (Å²) in [6.45, 7) is 2.47. The van der Waals surface area contributed by atoms with Crippen molar-refractivity contribution in [1.29, 1.82) is 0 Å². The van der Waals surface area contributed by atoms with Gasteiger partial charge in [-0.1, -0.05) is 17.7 Å². The molecule has 1 saturated carbocycles. The van der Waals surface area contributed by atoms with Crippen LogP contribution in [0.25, 0.3) is 15.9 Å². The molecule has 130 valence electrons. The van der Waals surface area contributed by atoms with E-state index in [0.29, 0.717) is 22.4 Å². The van der Waals surface area contributed by atoms with Crippen LogP contribution in [0.15, 0.2) is 30.3 Å². The van der Waals surface area contributed by atoms with Crippen LogP contribution in [0.2, 0.25) is 5.02 Å². The van der Waals surface area contributed by atoms with Crippen LogP contribution in [0.3, 0.4) is 0 Å². The lowest BCUT2D eigenvalue weighted by Crippen LogP contribution is -2.38. The second-order valence-electron chi connectivity index (χ2n) is 6.52. The van der Waals surface area contributed by atoms with Gasteiger partial charge in [-0.3, -0.25) is 4.79 Å². The summed E-state index contributed by atoms with van der Waals surface area (Å²) < 4.78 is 1.84. The first-order chi connectivity index (χ1) is 12.0. The van der Waals surface area contributed by atoms with Gasteiger partial charge in [0, 0.05) is 23.0 Å². The Kier molecular flexibility index (Phi) is 4.27. The maximum absolute atomic E-state index is 12.5. The molecule has 1 unspecified atom stereocenters. The van der Waals surface area contributed by atoms with Crippen LogP contribution < -0.4 is 11.1 Å². The molecule has 1 atom stereocenters. The van der Waals surface area contributed by atoms with Crippen LogP contribution in [-0.2, 0) is 0 Å². The van der Waals surface area contributed by atoms with Crippen molar-refractivity contribution < 1.29 is 4.79 Å². The summed E-state index contributed by atoms with van der Waals surface area (Å²) in [6.07, 6.45) is 2.35. The maximum atomic E-state index is 12.5. The second kappa shape index (κ2) is 6.44. The molecule has 7 heteroatoms. The van der Waals surface area contributed by atoms with E-state index in [1.807, 2.05) is 41.9 Å². The molecule has 0 aliphatic heterocycles. The van der Waals surface area contributed by atoms with Gasteiger partial charge in [-0.15, -0.1) is 11.3 Å². The minimum atomic E-state index is -0.0747. The number of aryl methyl sites for hydroxylation is 1. The Morgan fingerprint density at radius 2 is 2.28 bits per heavy atom. The van der Waals surface area contributed by atoms with Gasteiger partial charge in [-0.25, -0.2) is 4.68 Å². The Labute approximate surface area is 154 Å². The van der Waals surface area contributed by atoms with E-state index in [9.17, 15) is 4.79 Å². The fourth-order valence-electron chi connectivity index (χ4n) is 2.93. The summed E-state index contributed by atoms with van der Waals surface area (Å²) in [5, 5.41) is 9.18. The molecule has 25 heavy (non-hydrogen) atoms. The number of nitrogens with two attached hydrogens (primary N) is 1. The monoisotopic (exact) mass is 374 g/mol. The Bertz CT molecular complexity index is 944.